The largest absolute Gasteiger partial charge is 0.358 e. The average molecular weight is 285 g/mol. The average Bonchev–Trinajstić information content (AvgIpc) is 2.34. The highest BCUT2D eigenvalue weighted by molar-refractivity contribution is 14.1. The Labute approximate surface area is 83.1 Å². The molecule has 12 heavy (non-hydrogen) atoms. The number of aryl methyl sites for hydroxylation is 1. The number of alkyl halides is 1. The number of hydrogen-bond acceptors (Lipinski definition) is 3. The van der Waals surface area contributed by atoms with Gasteiger partial charge < -0.3 is 10.1 Å². The van der Waals surface area contributed by atoms with E-state index in [4.69, 9.17) is 0 Å². The number of aromatic nitrogens is 2. The van der Waals surface area contributed by atoms with Gasteiger partial charge in [0.2, 0.25) is 0 Å². The Morgan fingerprint density at radius 1 is 1.83 bits per heavy atom. The highest BCUT2D eigenvalue weighted by Crippen LogP contribution is 2.13. The van der Waals surface area contributed by atoms with Crippen LogP contribution in [0.3, 0.4) is 0 Å². The zero-order valence-electron chi connectivity index (χ0n) is 6.53. The van der Waals surface area contributed by atoms with Crippen molar-refractivity contribution in [2.24, 2.45) is 0 Å². The zero-order chi connectivity index (χ0) is 9.14. The molecule has 5 nitrogen and oxygen atoms in total. The van der Waals surface area contributed by atoms with Gasteiger partial charge in [-0.2, -0.15) is 0 Å². The lowest BCUT2D eigenvalue weighted by Crippen LogP contribution is -2.05. The van der Waals surface area contributed by atoms with Crippen LogP contribution in [0.25, 0.3) is 0 Å². The molecule has 0 atom stereocenters. The molecule has 6 heteroatoms. The Kier molecular flexibility index (Phi) is 3.01. The van der Waals surface area contributed by atoms with Crippen molar-refractivity contribution in [3.8, 4) is 0 Å². The van der Waals surface area contributed by atoms with Crippen molar-refractivity contribution in [3.05, 3.63) is 22.1 Å². The van der Waals surface area contributed by atoms with Crippen LogP contribution < -0.4 is 0 Å². The molecule has 0 aromatic carbocycles. The predicted molar refractivity (Wildman–Crippen MR) is 52.5 cm³/mol. The summed E-state index contributed by atoms with van der Waals surface area (Å²) in [5.41, 5.74) is 0. The van der Waals surface area contributed by atoms with Gasteiger partial charge in [-0.1, -0.05) is 22.6 Å². The first-order valence-corrected chi connectivity index (χ1v) is 4.92. The molecular weight excluding hydrogens is 277 g/mol. The molecule has 0 radical (unpaired) electrons. The monoisotopic (exact) mass is 285 g/mol. The number of rotatable bonds is 3. The van der Waals surface area contributed by atoms with Gasteiger partial charge >= 0.3 is 5.82 Å². The lowest BCUT2D eigenvalue weighted by molar-refractivity contribution is -0.392. The van der Waals surface area contributed by atoms with E-state index in [9.17, 15) is 10.1 Å². The van der Waals surface area contributed by atoms with Crippen molar-refractivity contribution in [1.82, 2.24) is 9.55 Å². The fourth-order valence-electron chi connectivity index (χ4n) is 0.963. The summed E-state index contributed by atoms with van der Waals surface area (Å²) in [6.45, 7) is 2.40. The second-order valence-electron chi connectivity index (χ2n) is 2.26. The quantitative estimate of drug-likeness (QED) is 0.366. The van der Waals surface area contributed by atoms with Crippen molar-refractivity contribution in [1.29, 1.82) is 0 Å². The van der Waals surface area contributed by atoms with E-state index < -0.39 is 4.92 Å². The van der Waals surface area contributed by atoms with E-state index in [1.54, 1.807) is 11.5 Å². The molecule has 1 aromatic rings. The molecule has 1 aromatic heterocycles. The molecule has 0 aliphatic heterocycles. The van der Waals surface area contributed by atoms with Crippen LogP contribution in [0.5, 0.6) is 0 Å². The van der Waals surface area contributed by atoms with E-state index in [1.807, 2.05) is 0 Å². The number of halogens is 1. The van der Waals surface area contributed by atoms with Gasteiger partial charge in [0.05, 0.1) is 0 Å². The maximum absolute atomic E-state index is 10.5. The van der Waals surface area contributed by atoms with Crippen LogP contribution in [0.15, 0.2) is 6.20 Å². The first kappa shape index (κ1) is 9.43. The molecule has 0 spiro atoms. The first-order chi connectivity index (χ1) is 5.66. The van der Waals surface area contributed by atoms with E-state index in [0.717, 1.165) is 4.43 Å². The zero-order valence-corrected chi connectivity index (χ0v) is 8.69. The van der Waals surface area contributed by atoms with Gasteiger partial charge in [0.25, 0.3) is 0 Å². The third kappa shape index (κ3) is 1.74. The molecular formula is C6H8IN3O2. The minimum atomic E-state index is -0.410. The Morgan fingerprint density at radius 3 is 3.00 bits per heavy atom. The first-order valence-electron chi connectivity index (χ1n) is 3.39. The van der Waals surface area contributed by atoms with Gasteiger partial charge in [0, 0.05) is 11.4 Å². The predicted octanol–water partition coefficient (Wildman–Crippen LogP) is 1.53. The van der Waals surface area contributed by atoms with Crippen LogP contribution in [0.4, 0.5) is 5.82 Å². The Hall–Kier alpha value is -0.660. The molecule has 0 aliphatic carbocycles. The summed E-state index contributed by atoms with van der Waals surface area (Å²) in [6, 6.07) is 0. The molecule has 1 heterocycles. The Bertz CT molecular complexity index is 297. The lowest BCUT2D eigenvalue weighted by Gasteiger charge is -1.98. The summed E-state index contributed by atoms with van der Waals surface area (Å²) in [5.74, 6) is 0.766. The van der Waals surface area contributed by atoms with Crippen molar-refractivity contribution in [2.75, 3.05) is 4.43 Å². The lowest BCUT2D eigenvalue weighted by atomic mass is 10.6. The number of nitro groups is 1. The highest BCUT2D eigenvalue weighted by atomic mass is 131. The maximum atomic E-state index is 10.5. The molecule has 66 valence electrons. The molecule has 0 aliphatic rings. The summed E-state index contributed by atoms with van der Waals surface area (Å²) < 4.78 is 2.45. The van der Waals surface area contributed by atoms with Crippen molar-refractivity contribution in [2.45, 2.75) is 13.5 Å². The number of imidazole rings is 1. The minimum absolute atomic E-state index is 0.0733. The van der Waals surface area contributed by atoms with Crippen LogP contribution in [0.2, 0.25) is 0 Å². The van der Waals surface area contributed by atoms with Gasteiger partial charge in [-0.25, -0.2) is 9.55 Å². The number of hydrogen-bond donors (Lipinski definition) is 0. The van der Waals surface area contributed by atoms with E-state index in [0.29, 0.717) is 12.4 Å². The third-order valence-electron chi connectivity index (χ3n) is 1.53. The minimum Gasteiger partial charge on any atom is -0.358 e. The molecule has 0 amide bonds. The smallest absolute Gasteiger partial charge is 0.342 e. The molecule has 0 unspecified atom stereocenters. The topological polar surface area (TPSA) is 61.0 Å². The van der Waals surface area contributed by atoms with Crippen LogP contribution >= 0.6 is 22.6 Å². The van der Waals surface area contributed by atoms with Gasteiger partial charge in [-0.3, -0.25) is 0 Å². The van der Waals surface area contributed by atoms with Gasteiger partial charge in [-0.05, 0) is 4.92 Å². The summed E-state index contributed by atoms with van der Waals surface area (Å²) in [7, 11) is 0. The standard InChI is InChI=1S/C6H8IN3O2/c1-5-8-4-6(10(11)12)9(5)3-2-7/h4H,2-3H2,1H3/i7+4. The highest BCUT2D eigenvalue weighted by Gasteiger charge is 2.15. The normalized spacial score (nSPS) is 10.2. The Balaban J connectivity index is 3.03. The fourth-order valence-corrected chi connectivity index (χ4v) is 1.45. The molecule has 0 N–H and O–H groups in total. The van der Waals surface area contributed by atoms with Crippen molar-refractivity contribution in [3.63, 3.8) is 0 Å². The maximum Gasteiger partial charge on any atom is 0.342 e. The molecule has 0 fully saturated rings. The van der Waals surface area contributed by atoms with Crippen molar-refractivity contribution >= 4 is 28.4 Å². The summed E-state index contributed by atoms with van der Waals surface area (Å²) in [6.07, 6.45) is 1.29. The second-order valence-corrected chi connectivity index (χ2v) is 3.34. The summed E-state index contributed by atoms with van der Waals surface area (Å²) >= 11 is 2.17. The number of nitrogens with zero attached hydrogens (tertiary/aromatic N) is 3. The van der Waals surface area contributed by atoms with Gasteiger partial charge in [0.1, 0.15) is 12.7 Å². The summed E-state index contributed by atoms with van der Waals surface area (Å²) in [4.78, 5) is 13.9. The van der Waals surface area contributed by atoms with Gasteiger partial charge in [0.15, 0.2) is 5.82 Å². The second kappa shape index (κ2) is 3.83. The van der Waals surface area contributed by atoms with E-state index in [-0.39, 0.29) is 5.82 Å². The Morgan fingerprint density at radius 2 is 2.50 bits per heavy atom. The van der Waals surface area contributed by atoms with E-state index >= 15 is 0 Å². The van der Waals surface area contributed by atoms with E-state index in [2.05, 4.69) is 27.6 Å². The van der Waals surface area contributed by atoms with Crippen LogP contribution in [-0.2, 0) is 6.54 Å². The molecule has 0 bridgehead atoms. The van der Waals surface area contributed by atoms with Crippen LogP contribution in [0.1, 0.15) is 5.82 Å². The van der Waals surface area contributed by atoms with E-state index in [1.165, 1.54) is 6.20 Å². The van der Waals surface area contributed by atoms with Crippen LogP contribution in [0, 0.1) is 17.0 Å². The SMILES string of the molecule is Cc1ncc([N+](=O)[O-])n1CC[131I]. The molecule has 0 saturated heterocycles. The molecule has 1 rings (SSSR count). The van der Waals surface area contributed by atoms with Crippen molar-refractivity contribution < 1.29 is 4.92 Å². The van der Waals surface area contributed by atoms with Gasteiger partial charge in [-0.15, -0.1) is 0 Å². The third-order valence-corrected chi connectivity index (χ3v) is 2.01. The fraction of sp³-hybridized carbons (Fsp3) is 0.500. The molecule has 0 saturated carbocycles. The van der Waals surface area contributed by atoms with Crippen LogP contribution in [-0.4, -0.2) is 18.9 Å². The summed E-state index contributed by atoms with van der Waals surface area (Å²) in [5, 5.41) is 10.5.